The quantitative estimate of drug-likeness (QED) is 0.457. The van der Waals surface area contributed by atoms with Gasteiger partial charge in [-0.2, -0.15) is 0 Å². The Morgan fingerprint density at radius 1 is 0.731 bits per heavy atom. The minimum atomic E-state index is -0.144. The number of fused-ring (bicyclic) bond motifs is 2. The van der Waals surface area contributed by atoms with E-state index in [4.69, 9.17) is 0 Å². The van der Waals surface area contributed by atoms with Gasteiger partial charge in [-0.3, -0.25) is 0 Å². The highest BCUT2D eigenvalue weighted by Crippen LogP contribution is 2.56. The molecule has 0 amide bonds. The van der Waals surface area contributed by atoms with E-state index < -0.39 is 0 Å². The van der Waals surface area contributed by atoms with Crippen molar-refractivity contribution in [3.8, 4) is 0 Å². The molecule has 0 saturated heterocycles. The van der Waals surface area contributed by atoms with Crippen LogP contribution in [0.5, 0.6) is 0 Å². The summed E-state index contributed by atoms with van der Waals surface area (Å²) in [4.78, 5) is 3.23. The maximum atomic E-state index is 2.54. The van der Waals surface area contributed by atoms with E-state index >= 15 is 0 Å². The van der Waals surface area contributed by atoms with Crippen LogP contribution in [-0.2, 0) is 0 Å². The van der Waals surface area contributed by atoms with Crippen LogP contribution in [0, 0.1) is 0 Å². The summed E-state index contributed by atoms with van der Waals surface area (Å²) in [5, 5.41) is 6.70. The van der Waals surface area contributed by atoms with E-state index in [-0.39, 0.29) is 21.8 Å². The van der Waals surface area contributed by atoms with Crippen molar-refractivity contribution < 1.29 is 0 Å². The van der Waals surface area contributed by atoms with Gasteiger partial charge in [0.1, 0.15) is 0 Å². The number of rotatable bonds is 7. The largest absolute Gasteiger partial charge is 0.203 e. The molecule has 2 heterocycles. The van der Waals surface area contributed by atoms with Crippen LogP contribution in [0.1, 0.15) is 50.7 Å². The van der Waals surface area contributed by atoms with Crippen LogP contribution >= 0.6 is 21.8 Å². The van der Waals surface area contributed by atoms with Crippen molar-refractivity contribution in [3.63, 3.8) is 0 Å². The maximum Gasteiger partial charge on any atom is -0.00150 e. The highest BCUT2D eigenvalue weighted by atomic mass is 32.2. The molecule has 0 bridgehead atoms. The van der Waals surface area contributed by atoms with E-state index in [9.17, 15) is 0 Å². The van der Waals surface area contributed by atoms with Gasteiger partial charge in [0, 0.05) is 0 Å². The first-order valence-corrected chi connectivity index (χ1v) is 12.9. The first-order chi connectivity index (χ1) is 12.8. The zero-order valence-corrected chi connectivity index (χ0v) is 17.6. The van der Waals surface area contributed by atoms with E-state index in [0.29, 0.717) is 0 Å². The molecule has 138 valence electrons. The highest BCUT2D eigenvalue weighted by molar-refractivity contribution is 8.21. The van der Waals surface area contributed by atoms with Gasteiger partial charge in [-0.1, -0.05) is 56.7 Å². The second-order valence-electron chi connectivity index (χ2n) is 7.30. The molecule has 0 fully saturated rings. The van der Waals surface area contributed by atoms with Gasteiger partial charge in [-0.05, 0) is 85.8 Å². The smallest absolute Gasteiger partial charge is 0.00150 e. The third kappa shape index (κ3) is 3.42. The lowest BCUT2D eigenvalue weighted by Gasteiger charge is -2.34. The molecule has 2 aromatic rings. The summed E-state index contributed by atoms with van der Waals surface area (Å²) in [5.74, 6) is 0. The molecule has 0 nitrogen and oxygen atoms in total. The van der Waals surface area contributed by atoms with Gasteiger partial charge < -0.3 is 0 Å². The third-order valence-corrected chi connectivity index (χ3v) is 11.2. The second kappa shape index (κ2) is 8.10. The summed E-state index contributed by atoms with van der Waals surface area (Å²) in [6, 6.07) is 18.1. The Morgan fingerprint density at radius 3 is 1.81 bits per heavy atom. The molecule has 0 radical (unpaired) electrons. The van der Waals surface area contributed by atoms with Gasteiger partial charge in [0.25, 0.3) is 0 Å². The molecule has 0 aliphatic carbocycles. The van der Waals surface area contributed by atoms with E-state index in [1.807, 2.05) is 0 Å². The zero-order valence-electron chi connectivity index (χ0n) is 15.8. The molecular formula is C24H30S2. The number of hydrogen-bond donors (Lipinski definition) is 2. The number of thiol groups is 2. The van der Waals surface area contributed by atoms with Crippen molar-refractivity contribution in [3.05, 3.63) is 70.5 Å². The molecule has 0 saturated carbocycles. The molecule has 4 rings (SSSR count). The van der Waals surface area contributed by atoms with Gasteiger partial charge >= 0.3 is 0 Å². The van der Waals surface area contributed by atoms with Crippen LogP contribution in [0.3, 0.4) is 0 Å². The first kappa shape index (κ1) is 18.0. The zero-order chi connectivity index (χ0) is 17.9. The lowest BCUT2D eigenvalue weighted by Crippen LogP contribution is -2.17. The van der Waals surface area contributed by atoms with Gasteiger partial charge in [0.15, 0.2) is 0 Å². The van der Waals surface area contributed by atoms with Crippen LogP contribution in [0.15, 0.2) is 69.1 Å². The topological polar surface area (TPSA) is 0 Å². The molecule has 2 aromatic carbocycles. The van der Waals surface area contributed by atoms with E-state index in [1.165, 1.54) is 36.8 Å². The third-order valence-electron chi connectivity index (χ3n) is 5.68. The van der Waals surface area contributed by atoms with E-state index in [2.05, 4.69) is 85.3 Å². The molecule has 2 aliphatic heterocycles. The fourth-order valence-electron chi connectivity index (χ4n) is 4.34. The van der Waals surface area contributed by atoms with Crippen LogP contribution in [-0.4, -0.2) is 10.5 Å². The molecule has 2 aliphatic rings. The lowest BCUT2D eigenvalue weighted by molar-refractivity contribution is 0.647. The monoisotopic (exact) mass is 382 g/mol. The van der Waals surface area contributed by atoms with Crippen molar-refractivity contribution in [2.24, 2.45) is 0 Å². The summed E-state index contributed by atoms with van der Waals surface area (Å²) >= 11 is 0. The highest BCUT2D eigenvalue weighted by Gasteiger charge is 2.28. The minimum Gasteiger partial charge on any atom is -0.203 e. The van der Waals surface area contributed by atoms with Crippen molar-refractivity contribution >= 4 is 33.9 Å². The summed E-state index contributed by atoms with van der Waals surface area (Å²) in [6.45, 7) is 4.75. The first-order valence-electron chi connectivity index (χ1n) is 9.93. The van der Waals surface area contributed by atoms with Crippen molar-refractivity contribution in [1.82, 2.24) is 0 Å². The molecule has 0 N–H and O–H groups in total. The molecule has 4 unspecified atom stereocenters. The van der Waals surface area contributed by atoms with Crippen LogP contribution in [0.25, 0.3) is 12.2 Å². The van der Waals surface area contributed by atoms with Crippen molar-refractivity contribution in [2.75, 3.05) is 0 Å². The SMILES string of the molecule is CCCC(CC(CC)[SH]1C=Cc2ccccc21)[SH]1C=Cc2ccccc21. The summed E-state index contributed by atoms with van der Waals surface area (Å²) in [5.41, 5.74) is 2.92. The molecule has 2 heteroatoms. The molecule has 0 spiro atoms. The fraction of sp³-hybridized carbons (Fsp3) is 0.333. The van der Waals surface area contributed by atoms with Crippen molar-refractivity contribution in [2.45, 2.75) is 59.8 Å². The van der Waals surface area contributed by atoms with E-state index in [1.54, 1.807) is 9.79 Å². The Hall–Kier alpha value is -1.38. The Labute approximate surface area is 164 Å². The lowest BCUT2D eigenvalue weighted by atomic mass is 10.1. The predicted octanol–water partition coefficient (Wildman–Crippen LogP) is 7.41. The molecule has 0 aromatic heterocycles. The van der Waals surface area contributed by atoms with Gasteiger partial charge in [0.05, 0.1) is 0 Å². The van der Waals surface area contributed by atoms with Crippen LogP contribution < -0.4 is 0 Å². The van der Waals surface area contributed by atoms with Gasteiger partial charge in [0.2, 0.25) is 0 Å². The van der Waals surface area contributed by atoms with Crippen LogP contribution in [0.4, 0.5) is 0 Å². The van der Waals surface area contributed by atoms with Crippen LogP contribution in [0.2, 0.25) is 0 Å². The standard InChI is InChI=1S/C24H30S2/c1-3-9-22(26-17-15-20-11-6-8-13-24(20)26)18-21(4-2)25-16-14-19-10-5-7-12-23(19)25/h5-8,10-17,21-22,25-26H,3-4,9,18H2,1-2H3. The Morgan fingerprint density at radius 2 is 1.27 bits per heavy atom. The number of hydrogen-bond acceptors (Lipinski definition) is 0. The minimum absolute atomic E-state index is 0.144. The molecular weight excluding hydrogens is 352 g/mol. The molecule has 26 heavy (non-hydrogen) atoms. The van der Waals surface area contributed by atoms with E-state index in [0.717, 1.165) is 10.5 Å². The number of benzene rings is 2. The summed E-state index contributed by atoms with van der Waals surface area (Å²) in [7, 11) is -0.288. The maximum absolute atomic E-state index is 2.54. The summed E-state index contributed by atoms with van der Waals surface area (Å²) < 4.78 is 0. The van der Waals surface area contributed by atoms with Gasteiger partial charge in [-0.15, -0.1) is 0 Å². The van der Waals surface area contributed by atoms with Gasteiger partial charge in [-0.25, -0.2) is 21.8 Å². The predicted molar refractivity (Wildman–Crippen MR) is 123 cm³/mol. The Balaban J connectivity index is 1.57. The average Bonchev–Trinajstić information content (AvgIpc) is 3.30. The molecule has 4 atom stereocenters. The Kier molecular flexibility index (Phi) is 5.61. The second-order valence-corrected chi connectivity index (χ2v) is 12.0. The average molecular weight is 383 g/mol. The summed E-state index contributed by atoms with van der Waals surface area (Å²) in [6.07, 6.45) is 10.1. The Bertz CT molecular complexity index is 820. The fourth-order valence-corrected chi connectivity index (χ4v) is 10.0. The normalized spacial score (nSPS) is 25.0. The van der Waals surface area contributed by atoms with Crippen molar-refractivity contribution in [1.29, 1.82) is 0 Å².